The second-order valence-corrected chi connectivity index (χ2v) is 7.26. The Hall–Kier alpha value is -2.45. The van der Waals surface area contributed by atoms with Crippen molar-refractivity contribution in [1.29, 1.82) is 0 Å². The number of ether oxygens (including phenoxy) is 1. The first-order valence-electron chi connectivity index (χ1n) is 8.30. The van der Waals surface area contributed by atoms with Gasteiger partial charge in [0.15, 0.2) is 0 Å². The fourth-order valence-corrected chi connectivity index (χ4v) is 3.55. The molecule has 5 nitrogen and oxygen atoms in total. The van der Waals surface area contributed by atoms with Crippen molar-refractivity contribution in [3.8, 4) is 5.75 Å². The van der Waals surface area contributed by atoms with E-state index in [1.807, 2.05) is 0 Å². The monoisotopic (exact) mass is 446 g/mol. The van der Waals surface area contributed by atoms with Gasteiger partial charge in [0, 0.05) is 34.5 Å². The Labute approximate surface area is 174 Å². The quantitative estimate of drug-likeness (QED) is 0.670. The second-order valence-electron chi connectivity index (χ2n) is 6.39. The highest BCUT2D eigenvalue weighted by atomic mass is 35.5. The minimum atomic E-state index is -4.79. The number of alkyl halides is 3. The molecule has 2 aromatic rings. The molecule has 0 fully saturated rings. The van der Waals surface area contributed by atoms with Crippen molar-refractivity contribution in [2.75, 3.05) is 12.4 Å². The van der Waals surface area contributed by atoms with Crippen LogP contribution in [0.1, 0.15) is 24.5 Å². The predicted molar refractivity (Wildman–Crippen MR) is 104 cm³/mol. The van der Waals surface area contributed by atoms with E-state index in [1.165, 1.54) is 38.3 Å². The molecule has 1 unspecified atom stereocenters. The number of oxime groups is 1. The lowest BCUT2D eigenvalue weighted by atomic mass is 9.86. The largest absolute Gasteiger partial charge is 0.495 e. The molecule has 10 heteroatoms. The number of amides is 1. The van der Waals surface area contributed by atoms with Gasteiger partial charge in [-0.05, 0) is 36.4 Å². The number of hydrogen-bond donors (Lipinski definition) is 1. The van der Waals surface area contributed by atoms with Gasteiger partial charge in [0.25, 0.3) is 5.60 Å². The van der Waals surface area contributed by atoms with Gasteiger partial charge >= 0.3 is 6.18 Å². The van der Waals surface area contributed by atoms with Crippen LogP contribution in [0.25, 0.3) is 0 Å². The Morgan fingerprint density at radius 3 is 2.41 bits per heavy atom. The van der Waals surface area contributed by atoms with Gasteiger partial charge in [0.1, 0.15) is 5.75 Å². The summed E-state index contributed by atoms with van der Waals surface area (Å²) in [5, 5.41) is 6.36. The highest BCUT2D eigenvalue weighted by molar-refractivity contribution is 6.34. The number of anilines is 1. The molecule has 2 aromatic carbocycles. The lowest BCUT2D eigenvalue weighted by molar-refractivity contribution is -0.275. The molecule has 0 radical (unpaired) electrons. The van der Waals surface area contributed by atoms with Crippen LogP contribution in [0, 0.1) is 0 Å². The van der Waals surface area contributed by atoms with E-state index in [0.717, 1.165) is 12.1 Å². The zero-order chi connectivity index (χ0) is 21.4. The first-order chi connectivity index (χ1) is 13.6. The number of nitrogens with one attached hydrogen (secondary N) is 1. The molecule has 0 bridgehead atoms. The van der Waals surface area contributed by atoms with Crippen LogP contribution in [0.4, 0.5) is 18.9 Å². The maximum atomic E-state index is 14.1. The Morgan fingerprint density at radius 2 is 1.86 bits per heavy atom. The smallest absolute Gasteiger partial charge is 0.435 e. The van der Waals surface area contributed by atoms with Crippen molar-refractivity contribution in [2.24, 2.45) is 5.16 Å². The van der Waals surface area contributed by atoms with Gasteiger partial charge in [-0.25, -0.2) is 0 Å². The minimum absolute atomic E-state index is 0.0468. The number of nitrogens with zero attached hydrogens (tertiary/aromatic N) is 1. The topological polar surface area (TPSA) is 59.9 Å². The average molecular weight is 447 g/mol. The molecule has 3 rings (SSSR count). The molecular weight excluding hydrogens is 432 g/mol. The molecule has 0 spiro atoms. The number of methoxy groups -OCH3 is 1. The zero-order valence-electron chi connectivity index (χ0n) is 15.2. The maximum absolute atomic E-state index is 14.1. The van der Waals surface area contributed by atoms with Crippen LogP contribution in [0.15, 0.2) is 41.6 Å². The molecule has 1 aliphatic rings. The van der Waals surface area contributed by atoms with Crippen molar-refractivity contribution in [1.82, 2.24) is 0 Å². The summed E-state index contributed by atoms with van der Waals surface area (Å²) in [6.07, 6.45) is -5.39. The number of hydrogen-bond acceptors (Lipinski definition) is 4. The first-order valence-corrected chi connectivity index (χ1v) is 9.05. The SMILES string of the molecule is COc1ccc(C2=NOC(c3cc(Cl)cc(Cl)c3)(C(F)(F)F)C2)cc1NC(C)=O. The van der Waals surface area contributed by atoms with Crippen molar-refractivity contribution in [3.63, 3.8) is 0 Å². The summed E-state index contributed by atoms with van der Waals surface area (Å²) in [6.45, 7) is 1.31. The Morgan fingerprint density at radius 1 is 1.21 bits per heavy atom. The molecule has 1 atom stereocenters. The molecule has 1 amide bonds. The molecule has 0 saturated carbocycles. The van der Waals surface area contributed by atoms with Crippen LogP contribution in [0.3, 0.4) is 0 Å². The van der Waals surface area contributed by atoms with Gasteiger partial charge in [-0.2, -0.15) is 13.2 Å². The fraction of sp³-hybridized carbons (Fsp3) is 0.263. The third kappa shape index (κ3) is 4.13. The first kappa shape index (κ1) is 21.3. The molecule has 1 N–H and O–H groups in total. The highest BCUT2D eigenvalue weighted by Crippen LogP contribution is 2.49. The van der Waals surface area contributed by atoms with Crippen LogP contribution in [0.2, 0.25) is 10.0 Å². The normalized spacial score (nSPS) is 18.8. The van der Waals surface area contributed by atoms with Crippen LogP contribution >= 0.6 is 23.2 Å². The summed E-state index contributed by atoms with van der Waals surface area (Å²) >= 11 is 11.8. The van der Waals surface area contributed by atoms with E-state index in [0.29, 0.717) is 17.0 Å². The van der Waals surface area contributed by atoms with Gasteiger partial charge in [-0.15, -0.1) is 0 Å². The summed E-state index contributed by atoms with van der Waals surface area (Å²) in [4.78, 5) is 16.4. The minimum Gasteiger partial charge on any atom is -0.495 e. The van der Waals surface area contributed by atoms with Crippen LogP contribution in [-0.4, -0.2) is 24.9 Å². The number of halogens is 5. The summed E-state index contributed by atoms with van der Waals surface area (Å²) < 4.78 is 47.3. The van der Waals surface area contributed by atoms with Crippen LogP contribution in [0.5, 0.6) is 5.75 Å². The summed E-state index contributed by atoms with van der Waals surface area (Å²) in [5.41, 5.74) is -2.29. The molecule has 1 aliphatic heterocycles. The fourth-order valence-electron chi connectivity index (χ4n) is 3.02. The van der Waals surface area contributed by atoms with Gasteiger partial charge < -0.3 is 14.9 Å². The van der Waals surface area contributed by atoms with Gasteiger partial charge in [-0.1, -0.05) is 28.4 Å². The van der Waals surface area contributed by atoms with Gasteiger partial charge in [-0.3, -0.25) is 4.79 Å². The van der Waals surface area contributed by atoms with E-state index in [4.69, 9.17) is 32.8 Å². The zero-order valence-corrected chi connectivity index (χ0v) is 16.7. The van der Waals surface area contributed by atoms with E-state index >= 15 is 0 Å². The number of benzene rings is 2. The lowest BCUT2D eigenvalue weighted by Crippen LogP contribution is -2.42. The van der Waals surface area contributed by atoms with Crippen molar-refractivity contribution < 1.29 is 27.5 Å². The molecule has 0 saturated heterocycles. The molecule has 1 heterocycles. The lowest BCUT2D eigenvalue weighted by Gasteiger charge is -2.29. The summed E-state index contributed by atoms with van der Waals surface area (Å²) in [7, 11) is 1.41. The number of carbonyl (C=O) groups excluding carboxylic acids is 1. The summed E-state index contributed by atoms with van der Waals surface area (Å²) in [6, 6.07) is 8.15. The average Bonchev–Trinajstić information content (AvgIpc) is 3.07. The van der Waals surface area contributed by atoms with E-state index < -0.39 is 18.2 Å². The third-order valence-electron chi connectivity index (χ3n) is 4.36. The standard InChI is InChI=1S/C19H15Cl2F3N2O3/c1-10(27)25-15-5-11(3-4-17(15)28-2)16-9-18(29-26-16,19(22,23)24)12-6-13(20)8-14(21)7-12/h3-8H,9H2,1-2H3,(H,25,27). The second kappa shape index (κ2) is 7.76. The molecular formula is C19H15Cl2F3N2O3. The Bertz CT molecular complexity index is 975. The third-order valence-corrected chi connectivity index (χ3v) is 4.79. The van der Waals surface area contributed by atoms with E-state index in [2.05, 4.69) is 10.5 Å². The number of rotatable bonds is 4. The van der Waals surface area contributed by atoms with Crippen molar-refractivity contribution in [2.45, 2.75) is 25.1 Å². The van der Waals surface area contributed by atoms with E-state index in [1.54, 1.807) is 0 Å². The molecule has 154 valence electrons. The number of carbonyl (C=O) groups is 1. The highest BCUT2D eigenvalue weighted by Gasteiger charge is 2.62. The maximum Gasteiger partial charge on any atom is 0.435 e. The van der Waals surface area contributed by atoms with Crippen molar-refractivity contribution >= 4 is 40.5 Å². The predicted octanol–water partition coefficient (Wildman–Crippen LogP) is 5.54. The Balaban J connectivity index is 2.02. The van der Waals surface area contributed by atoms with Gasteiger partial charge in [0.2, 0.25) is 5.91 Å². The van der Waals surface area contributed by atoms with E-state index in [-0.39, 0.29) is 27.2 Å². The summed E-state index contributed by atoms with van der Waals surface area (Å²) in [5.74, 6) is -0.00422. The van der Waals surface area contributed by atoms with Crippen LogP contribution < -0.4 is 10.1 Å². The molecule has 0 aliphatic carbocycles. The molecule has 0 aromatic heterocycles. The van der Waals surface area contributed by atoms with E-state index in [9.17, 15) is 18.0 Å². The molecule has 29 heavy (non-hydrogen) atoms. The van der Waals surface area contributed by atoms with Crippen molar-refractivity contribution in [3.05, 3.63) is 57.6 Å². The Kier molecular flexibility index (Phi) is 5.69. The van der Waals surface area contributed by atoms with Gasteiger partial charge in [0.05, 0.1) is 18.5 Å². The van der Waals surface area contributed by atoms with Crippen LogP contribution in [-0.2, 0) is 15.2 Å².